The van der Waals surface area contributed by atoms with Crippen LogP contribution in [0.3, 0.4) is 0 Å². The van der Waals surface area contributed by atoms with Gasteiger partial charge in [-0.15, -0.1) is 0 Å². The molecule has 13 heavy (non-hydrogen) atoms. The smallest absolute Gasteiger partial charge is 0.293 e. The van der Waals surface area contributed by atoms with Crippen LogP contribution < -0.4 is 5.73 Å². The van der Waals surface area contributed by atoms with Crippen molar-refractivity contribution in [2.45, 2.75) is 53.6 Å². The van der Waals surface area contributed by atoms with E-state index in [4.69, 9.17) is 5.73 Å². The van der Waals surface area contributed by atoms with Crippen molar-refractivity contribution in [1.29, 1.82) is 0 Å². The van der Waals surface area contributed by atoms with Crippen molar-refractivity contribution in [3.63, 3.8) is 0 Å². The molecule has 0 radical (unpaired) electrons. The summed E-state index contributed by atoms with van der Waals surface area (Å²) in [4.78, 5) is 9.60. The van der Waals surface area contributed by atoms with Gasteiger partial charge in [-0.05, 0) is 33.7 Å². The number of hydrogen-bond donors (Lipinski definition) is 1. The maximum absolute atomic E-state index is 9.60. The van der Waals surface area contributed by atoms with Crippen LogP contribution in [0, 0.1) is 0 Å². The Morgan fingerprint density at radius 2 is 1.62 bits per heavy atom. The Hall–Kier alpha value is -0.570. The van der Waals surface area contributed by atoms with Gasteiger partial charge in [0.25, 0.3) is 6.47 Å². The van der Waals surface area contributed by atoms with Crippen molar-refractivity contribution in [2.24, 2.45) is 5.73 Å². The molecule has 3 nitrogen and oxygen atoms in total. The Bertz CT molecular complexity index is 85.4. The minimum atomic E-state index is -0.318. The Morgan fingerprint density at radius 1 is 1.31 bits per heavy atom. The number of nitrogens with two attached hydrogens (primary N) is 1. The topological polar surface area (TPSA) is 52.3 Å². The van der Waals surface area contributed by atoms with Crippen molar-refractivity contribution < 1.29 is 9.53 Å². The summed E-state index contributed by atoms with van der Waals surface area (Å²) in [5.74, 6) is 0. The van der Waals surface area contributed by atoms with Crippen LogP contribution in [0.4, 0.5) is 0 Å². The second-order valence-corrected chi connectivity index (χ2v) is 3.12. The van der Waals surface area contributed by atoms with Crippen molar-refractivity contribution in [1.82, 2.24) is 0 Å². The third kappa shape index (κ3) is 51.8. The highest BCUT2D eigenvalue weighted by Crippen LogP contribution is 2.02. The molecule has 0 aromatic carbocycles. The second-order valence-electron chi connectivity index (χ2n) is 3.12. The molecule has 0 bridgehead atoms. The molecule has 0 aliphatic heterocycles. The van der Waals surface area contributed by atoms with Gasteiger partial charge in [0.05, 0.1) is 0 Å². The fraction of sp³-hybridized carbons (Fsp3) is 0.900. The van der Waals surface area contributed by atoms with Crippen molar-refractivity contribution >= 4 is 6.47 Å². The van der Waals surface area contributed by atoms with Gasteiger partial charge in [0.1, 0.15) is 5.60 Å². The lowest BCUT2D eigenvalue weighted by Crippen LogP contribution is -2.17. The number of hydrogen-bond acceptors (Lipinski definition) is 3. The summed E-state index contributed by atoms with van der Waals surface area (Å²) >= 11 is 0. The zero-order valence-electron chi connectivity index (χ0n) is 9.89. The molecule has 0 saturated carbocycles. The van der Waals surface area contributed by atoms with Crippen LogP contribution in [0.2, 0.25) is 0 Å². The van der Waals surface area contributed by atoms with E-state index < -0.39 is 0 Å². The highest BCUT2D eigenvalue weighted by molar-refractivity contribution is 5.37. The predicted molar refractivity (Wildman–Crippen MR) is 57.6 cm³/mol. The minimum absolute atomic E-state index is 0.318. The van der Waals surface area contributed by atoms with E-state index in [0.29, 0.717) is 6.47 Å². The molecule has 3 heteroatoms. The standard InChI is InChI=1S/C5H10O2.C3H9N.C2H6/c1-5(2,3)7-4-6;1-2-3-4;1-2/h4H,1-3H3;2-4H2,1H3;1-2H3. The Morgan fingerprint density at radius 3 is 1.62 bits per heavy atom. The average Bonchev–Trinajstić information content (AvgIpc) is 2.07. The van der Waals surface area contributed by atoms with E-state index >= 15 is 0 Å². The summed E-state index contributed by atoms with van der Waals surface area (Å²) in [6.45, 7) is 12.8. The summed E-state index contributed by atoms with van der Waals surface area (Å²) in [6.07, 6.45) is 1.10. The summed E-state index contributed by atoms with van der Waals surface area (Å²) in [7, 11) is 0. The van der Waals surface area contributed by atoms with Crippen LogP contribution in [0.1, 0.15) is 48.0 Å². The van der Waals surface area contributed by atoms with E-state index in [9.17, 15) is 4.79 Å². The van der Waals surface area contributed by atoms with Crippen LogP contribution in [-0.2, 0) is 9.53 Å². The number of ether oxygens (including phenoxy) is 1. The lowest BCUT2D eigenvalue weighted by Gasteiger charge is -2.14. The van der Waals surface area contributed by atoms with Gasteiger partial charge in [-0.3, -0.25) is 4.79 Å². The van der Waals surface area contributed by atoms with E-state index in [1.807, 2.05) is 34.6 Å². The van der Waals surface area contributed by atoms with E-state index in [2.05, 4.69) is 11.7 Å². The molecule has 0 aliphatic rings. The Labute approximate surface area is 82.7 Å². The predicted octanol–water partition coefficient (Wildman–Crippen LogP) is 2.34. The SMILES string of the molecule is CC.CC(C)(C)OC=O.CCCN. The van der Waals surface area contributed by atoms with E-state index in [0.717, 1.165) is 13.0 Å². The van der Waals surface area contributed by atoms with Crippen molar-refractivity contribution in [2.75, 3.05) is 6.54 Å². The maximum atomic E-state index is 9.60. The van der Waals surface area contributed by atoms with Gasteiger partial charge in [-0.25, -0.2) is 0 Å². The molecule has 82 valence electrons. The molecule has 0 aromatic rings. The third-order valence-electron chi connectivity index (χ3n) is 0.690. The highest BCUT2D eigenvalue weighted by atomic mass is 16.5. The fourth-order valence-corrected chi connectivity index (χ4v) is 0.144. The van der Waals surface area contributed by atoms with Crippen molar-refractivity contribution in [3.8, 4) is 0 Å². The quantitative estimate of drug-likeness (QED) is 0.682. The van der Waals surface area contributed by atoms with Gasteiger partial charge in [0, 0.05) is 0 Å². The molecule has 0 unspecified atom stereocenters. The zero-order chi connectivity index (χ0) is 11.3. The van der Waals surface area contributed by atoms with Gasteiger partial charge < -0.3 is 10.5 Å². The number of rotatable bonds is 2. The van der Waals surface area contributed by atoms with Gasteiger partial charge in [0.2, 0.25) is 0 Å². The van der Waals surface area contributed by atoms with E-state index in [1.54, 1.807) is 0 Å². The number of carbonyl (C=O) groups is 1. The summed E-state index contributed by atoms with van der Waals surface area (Å²) < 4.78 is 4.55. The highest BCUT2D eigenvalue weighted by Gasteiger charge is 2.07. The first-order valence-electron chi connectivity index (χ1n) is 4.79. The van der Waals surface area contributed by atoms with Crippen LogP contribution in [-0.4, -0.2) is 18.6 Å². The first-order valence-corrected chi connectivity index (χ1v) is 4.79. The Balaban J connectivity index is -0.000000142. The minimum Gasteiger partial charge on any atom is -0.462 e. The van der Waals surface area contributed by atoms with Crippen LogP contribution in [0.25, 0.3) is 0 Å². The van der Waals surface area contributed by atoms with E-state index in [1.165, 1.54) is 0 Å². The molecule has 2 N–H and O–H groups in total. The van der Waals surface area contributed by atoms with Crippen molar-refractivity contribution in [3.05, 3.63) is 0 Å². The first-order chi connectivity index (χ1) is 5.97. The molecule has 0 rings (SSSR count). The van der Waals surface area contributed by atoms with Gasteiger partial charge in [-0.1, -0.05) is 20.8 Å². The molecule has 0 amide bonds. The molecule has 0 aromatic heterocycles. The third-order valence-corrected chi connectivity index (χ3v) is 0.690. The largest absolute Gasteiger partial charge is 0.462 e. The normalized spacial score (nSPS) is 8.54. The molecular formula is C10H25NO2. The first kappa shape index (κ1) is 18.3. The lowest BCUT2D eigenvalue weighted by atomic mass is 10.2. The summed E-state index contributed by atoms with van der Waals surface area (Å²) in [5, 5.41) is 0. The van der Waals surface area contributed by atoms with Gasteiger partial charge in [-0.2, -0.15) is 0 Å². The van der Waals surface area contributed by atoms with Crippen LogP contribution in [0.15, 0.2) is 0 Å². The fourth-order valence-electron chi connectivity index (χ4n) is 0.144. The second kappa shape index (κ2) is 14.0. The summed E-state index contributed by atoms with van der Waals surface area (Å²) in [5.41, 5.74) is 4.71. The van der Waals surface area contributed by atoms with Crippen LogP contribution >= 0.6 is 0 Å². The Kier molecular flexibility index (Phi) is 19.6. The molecule has 0 aliphatic carbocycles. The maximum Gasteiger partial charge on any atom is 0.293 e. The van der Waals surface area contributed by atoms with Gasteiger partial charge >= 0.3 is 0 Å². The zero-order valence-corrected chi connectivity index (χ0v) is 9.89. The molecule has 0 fully saturated rings. The average molecular weight is 191 g/mol. The summed E-state index contributed by atoms with van der Waals surface area (Å²) in [6, 6.07) is 0. The van der Waals surface area contributed by atoms with E-state index in [-0.39, 0.29) is 5.60 Å². The lowest BCUT2D eigenvalue weighted by molar-refractivity contribution is -0.138. The molecular weight excluding hydrogens is 166 g/mol. The molecule has 0 spiro atoms. The molecule has 0 heterocycles. The number of carbonyl (C=O) groups excluding carboxylic acids is 1. The van der Waals surface area contributed by atoms with Gasteiger partial charge in [0.15, 0.2) is 0 Å². The molecule has 0 atom stereocenters. The molecule has 0 saturated heterocycles. The van der Waals surface area contributed by atoms with Crippen LogP contribution in [0.5, 0.6) is 0 Å². The monoisotopic (exact) mass is 191 g/mol.